The largest absolute Gasteiger partial charge is 0.507 e. The maximum Gasteiger partial charge on any atom is 0.295 e. The molecule has 2 heterocycles. The summed E-state index contributed by atoms with van der Waals surface area (Å²) >= 11 is 0. The van der Waals surface area contributed by atoms with Crippen LogP contribution >= 0.6 is 0 Å². The lowest BCUT2D eigenvalue weighted by atomic mass is 9.94. The van der Waals surface area contributed by atoms with Gasteiger partial charge in [-0.15, -0.1) is 0 Å². The van der Waals surface area contributed by atoms with Crippen LogP contribution in [0.5, 0.6) is 11.5 Å². The van der Waals surface area contributed by atoms with Gasteiger partial charge >= 0.3 is 0 Å². The van der Waals surface area contributed by atoms with Crippen LogP contribution in [0, 0.1) is 0 Å². The zero-order valence-electron chi connectivity index (χ0n) is 20.0. The van der Waals surface area contributed by atoms with Gasteiger partial charge in [-0.3, -0.25) is 9.59 Å². The average Bonchev–Trinajstić information content (AvgIpc) is 3.39. The van der Waals surface area contributed by atoms with E-state index in [0.717, 1.165) is 16.9 Å². The number of amides is 1. The normalized spacial score (nSPS) is 20.2. The quantitative estimate of drug-likeness (QED) is 0.217. The van der Waals surface area contributed by atoms with Gasteiger partial charge in [0.2, 0.25) is 0 Å². The smallest absolute Gasteiger partial charge is 0.295 e. The van der Waals surface area contributed by atoms with Crippen LogP contribution in [-0.2, 0) is 22.6 Å². The van der Waals surface area contributed by atoms with Crippen molar-refractivity contribution in [1.82, 2.24) is 4.90 Å². The van der Waals surface area contributed by atoms with E-state index in [1.807, 2.05) is 55.5 Å². The summed E-state index contributed by atoms with van der Waals surface area (Å²) in [7, 11) is 0. The number of hydrogen-bond acceptors (Lipinski definition) is 5. The molecule has 5 rings (SSSR count). The Hall–Kier alpha value is -4.32. The fraction of sp³-hybridized carbons (Fsp3) is 0.200. The van der Waals surface area contributed by atoms with Crippen LogP contribution in [0.25, 0.3) is 5.76 Å². The number of aliphatic hydroxyl groups is 1. The van der Waals surface area contributed by atoms with Crippen molar-refractivity contribution in [2.45, 2.75) is 32.0 Å². The molecule has 0 spiro atoms. The van der Waals surface area contributed by atoms with Crippen molar-refractivity contribution in [3.8, 4) is 11.5 Å². The fourth-order valence-electron chi connectivity index (χ4n) is 4.80. The van der Waals surface area contributed by atoms with Crippen molar-refractivity contribution >= 4 is 17.4 Å². The standard InChI is InChI=1S/C30H27NO5/c1-3-15-35-24-12-9-21(10-13-24)27-26(28(32)22-11-14-25-23(17-22)16-19(2)36-25)29(33)30(34)31(27)18-20-7-5-4-6-8-20/h3-14,17,19,27,32H,1,15-16,18H2,2H3/b28-26+. The van der Waals surface area contributed by atoms with E-state index in [4.69, 9.17) is 9.47 Å². The summed E-state index contributed by atoms with van der Waals surface area (Å²) < 4.78 is 11.4. The van der Waals surface area contributed by atoms with E-state index in [-0.39, 0.29) is 24.0 Å². The third-order valence-corrected chi connectivity index (χ3v) is 6.47. The van der Waals surface area contributed by atoms with E-state index in [0.29, 0.717) is 29.9 Å². The molecule has 0 saturated carbocycles. The van der Waals surface area contributed by atoms with E-state index in [1.54, 1.807) is 30.3 Å². The van der Waals surface area contributed by atoms with E-state index in [9.17, 15) is 14.7 Å². The number of benzene rings is 3. The highest BCUT2D eigenvalue weighted by atomic mass is 16.5. The van der Waals surface area contributed by atoms with Gasteiger partial charge in [0.05, 0.1) is 11.6 Å². The van der Waals surface area contributed by atoms with Crippen LogP contribution in [0.1, 0.15) is 35.2 Å². The average molecular weight is 482 g/mol. The van der Waals surface area contributed by atoms with Crippen LogP contribution in [0.2, 0.25) is 0 Å². The van der Waals surface area contributed by atoms with E-state index in [2.05, 4.69) is 6.58 Å². The molecule has 1 saturated heterocycles. The number of Topliss-reactive ketones (excluding diaryl/α,β-unsaturated/α-hetero) is 1. The van der Waals surface area contributed by atoms with Gasteiger partial charge < -0.3 is 19.5 Å². The minimum absolute atomic E-state index is 0.0515. The Bertz CT molecular complexity index is 1340. The molecule has 3 aromatic rings. The minimum atomic E-state index is -0.748. The van der Waals surface area contributed by atoms with Crippen molar-refractivity contribution in [3.63, 3.8) is 0 Å². The van der Waals surface area contributed by atoms with Crippen LogP contribution in [0.15, 0.2) is 91.0 Å². The molecule has 6 nitrogen and oxygen atoms in total. The fourth-order valence-corrected chi connectivity index (χ4v) is 4.80. The number of carbonyl (C=O) groups excluding carboxylic acids is 2. The predicted molar refractivity (Wildman–Crippen MR) is 137 cm³/mol. The number of ether oxygens (including phenoxy) is 2. The molecule has 3 aromatic carbocycles. The van der Waals surface area contributed by atoms with Gasteiger partial charge in [-0.1, -0.05) is 55.1 Å². The molecule has 1 amide bonds. The highest BCUT2D eigenvalue weighted by Gasteiger charge is 2.46. The van der Waals surface area contributed by atoms with Crippen molar-refractivity contribution in [2.24, 2.45) is 0 Å². The Kier molecular flexibility index (Phi) is 6.34. The molecule has 182 valence electrons. The summed E-state index contributed by atoms with van der Waals surface area (Å²) in [5, 5.41) is 11.4. The number of nitrogens with zero attached hydrogens (tertiary/aromatic N) is 1. The number of carbonyl (C=O) groups is 2. The molecule has 0 radical (unpaired) electrons. The lowest BCUT2D eigenvalue weighted by molar-refractivity contribution is -0.140. The molecule has 2 aliphatic rings. The Morgan fingerprint density at radius 3 is 2.58 bits per heavy atom. The van der Waals surface area contributed by atoms with Gasteiger partial charge in [0.25, 0.3) is 11.7 Å². The number of ketones is 1. The lowest BCUT2D eigenvalue weighted by Gasteiger charge is -2.25. The Balaban J connectivity index is 1.59. The summed E-state index contributed by atoms with van der Waals surface area (Å²) in [6.07, 6.45) is 2.43. The van der Waals surface area contributed by atoms with Gasteiger partial charge in [-0.05, 0) is 53.9 Å². The van der Waals surface area contributed by atoms with Crippen molar-refractivity contribution in [1.29, 1.82) is 0 Å². The van der Waals surface area contributed by atoms with E-state index >= 15 is 0 Å². The molecule has 2 atom stereocenters. The highest BCUT2D eigenvalue weighted by Crippen LogP contribution is 2.41. The number of rotatable bonds is 7. The molecule has 0 bridgehead atoms. The Morgan fingerprint density at radius 1 is 1.11 bits per heavy atom. The predicted octanol–water partition coefficient (Wildman–Crippen LogP) is 5.20. The molecular weight excluding hydrogens is 454 g/mol. The monoisotopic (exact) mass is 481 g/mol. The van der Waals surface area contributed by atoms with Crippen LogP contribution in [-0.4, -0.2) is 34.4 Å². The molecule has 1 N–H and O–H groups in total. The summed E-state index contributed by atoms with van der Waals surface area (Å²) in [6.45, 7) is 6.24. The van der Waals surface area contributed by atoms with Crippen molar-refractivity contribution in [3.05, 3.63) is 113 Å². The second-order valence-corrected chi connectivity index (χ2v) is 9.04. The van der Waals surface area contributed by atoms with Gasteiger partial charge in [0.15, 0.2) is 0 Å². The van der Waals surface area contributed by atoms with Crippen LogP contribution < -0.4 is 9.47 Å². The van der Waals surface area contributed by atoms with Gasteiger partial charge in [-0.25, -0.2) is 0 Å². The maximum atomic E-state index is 13.3. The summed E-state index contributed by atoms with van der Waals surface area (Å²) in [6, 6.07) is 21.3. The van der Waals surface area contributed by atoms with Crippen molar-refractivity contribution in [2.75, 3.05) is 6.61 Å². The topological polar surface area (TPSA) is 76.1 Å². The summed E-state index contributed by atoms with van der Waals surface area (Å²) in [5.41, 5.74) is 3.11. The second-order valence-electron chi connectivity index (χ2n) is 9.04. The molecule has 0 aliphatic carbocycles. The molecule has 2 unspecified atom stereocenters. The van der Waals surface area contributed by atoms with Gasteiger partial charge in [0.1, 0.15) is 30.0 Å². The highest BCUT2D eigenvalue weighted by molar-refractivity contribution is 6.46. The Labute approximate surface area is 210 Å². The molecular formula is C30H27NO5. The molecule has 6 heteroatoms. The first-order chi connectivity index (χ1) is 17.5. The first kappa shape index (κ1) is 23.4. The third-order valence-electron chi connectivity index (χ3n) is 6.47. The van der Waals surface area contributed by atoms with Gasteiger partial charge in [-0.2, -0.15) is 0 Å². The molecule has 1 fully saturated rings. The molecule has 2 aliphatic heterocycles. The number of likely N-dealkylation sites (tertiary alicyclic amines) is 1. The first-order valence-electron chi connectivity index (χ1n) is 11.9. The summed E-state index contributed by atoms with van der Waals surface area (Å²) in [4.78, 5) is 28.1. The van der Waals surface area contributed by atoms with E-state index < -0.39 is 17.7 Å². The number of fused-ring (bicyclic) bond motifs is 1. The lowest BCUT2D eigenvalue weighted by Crippen LogP contribution is -2.29. The minimum Gasteiger partial charge on any atom is -0.507 e. The first-order valence-corrected chi connectivity index (χ1v) is 11.9. The van der Waals surface area contributed by atoms with Crippen LogP contribution in [0.4, 0.5) is 0 Å². The molecule has 36 heavy (non-hydrogen) atoms. The Morgan fingerprint density at radius 2 is 1.86 bits per heavy atom. The second kappa shape index (κ2) is 9.74. The third kappa shape index (κ3) is 4.38. The van der Waals surface area contributed by atoms with Gasteiger partial charge in [0, 0.05) is 18.5 Å². The SMILES string of the molecule is C=CCOc1ccc(C2/C(=C(\O)c3ccc4c(c3)CC(C)O4)C(=O)C(=O)N2Cc2ccccc2)cc1. The zero-order valence-corrected chi connectivity index (χ0v) is 20.0. The summed E-state index contributed by atoms with van der Waals surface area (Å²) in [5.74, 6) is -0.120. The number of hydrogen-bond donors (Lipinski definition) is 1. The van der Waals surface area contributed by atoms with E-state index in [1.165, 1.54) is 4.90 Å². The van der Waals surface area contributed by atoms with Crippen LogP contribution in [0.3, 0.4) is 0 Å². The zero-order chi connectivity index (χ0) is 25.2. The number of aliphatic hydroxyl groups excluding tert-OH is 1. The maximum absolute atomic E-state index is 13.3. The van der Waals surface area contributed by atoms with Crippen molar-refractivity contribution < 1.29 is 24.2 Å². The molecule has 0 aromatic heterocycles.